The standard InChI is InChI=1S/C31H40N10O5S2/c1-16-36-28(45-19-9-7-17(8-10-19)38-30(44)46-31(2,3)4)24(48-16)27(43)37-18-6-5-11-40(13-18)22-12-21(20-14-47-29(39-20)26(33)42)41-23(22)25(32)34-15-35-41/h12,14-15,17-19H,5-11,13H2,1-4H3,(H2,33,42)(H,37,43)(H,38,44)(H2,32,34,35)/t17?,18-,19?/m1/s1. The van der Waals surface area contributed by atoms with Crippen LogP contribution in [-0.4, -0.2) is 79.4 Å². The van der Waals surface area contributed by atoms with Crippen molar-refractivity contribution in [2.45, 2.75) is 90.0 Å². The summed E-state index contributed by atoms with van der Waals surface area (Å²) in [6.45, 7) is 8.64. The van der Waals surface area contributed by atoms with E-state index in [0.717, 1.165) is 67.1 Å². The summed E-state index contributed by atoms with van der Waals surface area (Å²) in [7, 11) is 0. The molecule has 0 spiro atoms. The highest BCUT2D eigenvalue weighted by Gasteiger charge is 2.31. The summed E-state index contributed by atoms with van der Waals surface area (Å²) in [5, 5.41) is 13.3. The van der Waals surface area contributed by atoms with Gasteiger partial charge in [-0.1, -0.05) is 0 Å². The van der Waals surface area contributed by atoms with Crippen molar-refractivity contribution in [1.29, 1.82) is 0 Å². The molecule has 48 heavy (non-hydrogen) atoms. The topological polar surface area (TPSA) is 205 Å². The third-order valence-corrected chi connectivity index (χ3v) is 10.0. The first-order chi connectivity index (χ1) is 22.8. The van der Waals surface area contributed by atoms with Crippen LogP contribution in [0.15, 0.2) is 17.8 Å². The van der Waals surface area contributed by atoms with Crippen LogP contribution in [0.4, 0.5) is 16.3 Å². The third kappa shape index (κ3) is 7.46. The minimum Gasteiger partial charge on any atom is -0.473 e. The fourth-order valence-corrected chi connectivity index (χ4v) is 7.55. The molecule has 5 heterocycles. The van der Waals surface area contributed by atoms with Crippen molar-refractivity contribution in [3.05, 3.63) is 32.7 Å². The minimum atomic E-state index is -0.597. The first-order valence-corrected chi connectivity index (χ1v) is 17.6. The smallest absolute Gasteiger partial charge is 0.407 e. The van der Waals surface area contributed by atoms with Gasteiger partial charge >= 0.3 is 6.09 Å². The number of fused-ring (bicyclic) bond motifs is 1. The predicted molar refractivity (Wildman–Crippen MR) is 183 cm³/mol. The molecule has 1 saturated heterocycles. The number of nitrogens with zero attached hydrogens (tertiary/aromatic N) is 6. The van der Waals surface area contributed by atoms with E-state index >= 15 is 0 Å². The number of aryl methyl sites for hydroxylation is 1. The lowest BCUT2D eigenvalue weighted by Crippen LogP contribution is -2.47. The van der Waals surface area contributed by atoms with Gasteiger partial charge in [-0.25, -0.2) is 24.3 Å². The van der Waals surface area contributed by atoms with Gasteiger partial charge in [0.15, 0.2) is 15.7 Å². The van der Waals surface area contributed by atoms with Crippen molar-refractivity contribution in [2.24, 2.45) is 5.73 Å². The highest BCUT2D eigenvalue weighted by atomic mass is 32.1. The number of carbonyl (C=O) groups excluding carboxylic acids is 3. The second-order valence-corrected chi connectivity index (χ2v) is 15.1. The van der Waals surface area contributed by atoms with E-state index in [-0.39, 0.29) is 29.1 Å². The predicted octanol–water partition coefficient (Wildman–Crippen LogP) is 3.91. The Kier molecular flexibility index (Phi) is 9.42. The van der Waals surface area contributed by atoms with E-state index in [2.05, 4.69) is 35.6 Å². The number of amides is 3. The number of rotatable bonds is 8. The lowest BCUT2D eigenvalue weighted by atomic mass is 9.93. The molecule has 0 radical (unpaired) electrons. The van der Waals surface area contributed by atoms with E-state index in [4.69, 9.17) is 20.9 Å². The molecule has 1 aliphatic carbocycles. The molecule has 2 aliphatic rings. The summed E-state index contributed by atoms with van der Waals surface area (Å²) in [5.74, 6) is -0.174. The van der Waals surface area contributed by atoms with Crippen molar-refractivity contribution in [3.8, 4) is 17.3 Å². The molecule has 6 N–H and O–H groups in total. The van der Waals surface area contributed by atoms with Crippen molar-refractivity contribution >= 4 is 57.6 Å². The number of primary amides is 1. The van der Waals surface area contributed by atoms with Gasteiger partial charge in [-0.2, -0.15) is 5.10 Å². The van der Waals surface area contributed by atoms with Gasteiger partial charge in [0.05, 0.1) is 16.4 Å². The largest absolute Gasteiger partial charge is 0.473 e. The van der Waals surface area contributed by atoms with Gasteiger partial charge in [0, 0.05) is 30.6 Å². The fourth-order valence-electron chi connectivity index (χ4n) is 6.13. The molecule has 1 aliphatic heterocycles. The van der Waals surface area contributed by atoms with Crippen LogP contribution in [0.5, 0.6) is 5.88 Å². The Hall–Kier alpha value is -4.51. The molecule has 0 unspecified atom stereocenters. The van der Waals surface area contributed by atoms with Gasteiger partial charge in [0.2, 0.25) is 5.88 Å². The lowest BCUT2D eigenvalue weighted by molar-refractivity contribution is 0.0468. The Balaban J connectivity index is 1.11. The molecule has 2 fully saturated rings. The van der Waals surface area contributed by atoms with Crippen LogP contribution in [0.25, 0.3) is 16.9 Å². The molecule has 256 valence electrons. The molecule has 1 saturated carbocycles. The van der Waals surface area contributed by atoms with Gasteiger partial charge in [-0.05, 0) is 72.3 Å². The normalized spacial score (nSPS) is 20.0. The van der Waals surface area contributed by atoms with Gasteiger partial charge in [0.25, 0.3) is 11.8 Å². The van der Waals surface area contributed by atoms with E-state index in [1.807, 2.05) is 33.8 Å². The Labute approximate surface area is 285 Å². The van der Waals surface area contributed by atoms with Crippen LogP contribution in [0.1, 0.15) is 83.8 Å². The fraction of sp³-hybridized carbons (Fsp3) is 0.516. The minimum absolute atomic E-state index is 0.0129. The van der Waals surface area contributed by atoms with Crippen molar-refractivity contribution in [1.82, 2.24) is 35.2 Å². The van der Waals surface area contributed by atoms with Crippen LogP contribution in [0.2, 0.25) is 0 Å². The van der Waals surface area contributed by atoms with E-state index in [1.54, 1.807) is 9.90 Å². The molecule has 1 atom stereocenters. The van der Waals surface area contributed by atoms with Crippen LogP contribution in [0.3, 0.4) is 0 Å². The molecule has 4 aromatic rings. The molecule has 6 rings (SSSR count). The summed E-state index contributed by atoms with van der Waals surface area (Å²) < 4.78 is 13.3. The lowest BCUT2D eigenvalue weighted by Gasteiger charge is -2.34. The molecule has 4 aromatic heterocycles. The number of nitrogens with two attached hydrogens (primary N) is 2. The van der Waals surface area contributed by atoms with E-state index < -0.39 is 17.6 Å². The number of aromatic nitrogens is 5. The Morgan fingerprint density at radius 1 is 1.06 bits per heavy atom. The number of hydrogen-bond donors (Lipinski definition) is 4. The van der Waals surface area contributed by atoms with E-state index in [9.17, 15) is 14.4 Å². The van der Waals surface area contributed by atoms with Crippen LogP contribution >= 0.6 is 22.7 Å². The summed E-state index contributed by atoms with van der Waals surface area (Å²) in [6, 6.07) is 1.79. The Morgan fingerprint density at radius 2 is 1.83 bits per heavy atom. The van der Waals surface area contributed by atoms with Crippen LogP contribution in [0, 0.1) is 6.92 Å². The monoisotopic (exact) mass is 696 g/mol. The summed E-state index contributed by atoms with van der Waals surface area (Å²) >= 11 is 2.47. The maximum Gasteiger partial charge on any atom is 0.407 e. The Morgan fingerprint density at radius 3 is 2.54 bits per heavy atom. The van der Waals surface area contributed by atoms with Crippen LogP contribution in [-0.2, 0) is 4.74 Å². The number of piperidine rings is 1. The zero-order valence-corrected chi connectivity index (χ0v) is 28.9. The molecule has 3 amide bonds. The van der Waals surface area contributed by atoms with Gasteiger partial charge in [-0.15, -0.1) is 22.7 Å². The molecule has 17 heteroatoms. The zero-order chi connectivity index (χ0) is 34.2. The average Bonchev–Trinajstić information content (AvgIpc) is 3.75. The van der Waals surface area contributed by atoms with Crippen molar-refractivity contribution < 1.29 is 23.9 Å². The summed E-state index contributed by atoms with van der Waals surface area (Å²) in [4.78, 5) is 53.3. The second-order valence-electron chi connectivity index (χ2n) is 13.1. The first kappa shape index (κ1) is 33.4. The van der Waals surface area contributed by atoms with Crippen molar-refractivity contribution in [2.75, 3.05) is 23.7 Å². The number of ether oxygens (including phenoxy) is 2. The molecular formula is C31H40N10O5S2. The van der Waals surface area contributed by atoms with E-state index in [0.29, 0.717) is 40.0 Å². The third-order valence-electron chi connectivity index (χ3n) is 8.22. The first-order valence-electron chi connectivity index (χ1n) is 15.9. The van der Waals surface area contributed by atoms with Crippen LogP contribution < -0.4 is 31.7 Å². The molecule has 0 bridgehead atoms. The summed E-state index contributed by atoms with van der Waals surface area (Å²) in [5.41, 5.74) is 13.9. The number of nitrogen functional groups attached to an aromatic ring is 1. The number of nitrogens with one attached hydrogen (secondary N) is 2. The van der Waals surface area contributed by atoms with Gasteiger partial charge in [-0.3, -0.25) is 9.59 Å². The number of anilines is 2. The van der Waals surface area contributed by atoms with Gasteiger partial charge in [0.1, 0.15) is 29.2 Å². The SMILES string of the molecule is Cc1nc(OC2CCC(NC(=O)OC(C)(C)C)CC2)c(C(=O)N[C@@H]2CCCN(c3cc(-c4csc(C(N)=O)n4)n4ncnc(N)c34)C2)s1. The number of hydrogen-bond acceptors (Lipinski definition) is 13. The quantitative estimate of drug-likeness (QED) is 0.208. The molecular weight excluding hydrogens is 657 g/mol. The maximum absolute atomic E-state index is 13.6. The number of carbonyl (C=O) groups is 3. The molecule has 0 aromatic carbocycles. The maximum atomic E-state index is 13.6. The number of thiazole rings is 2. The van der Waals surface area contributed by atoms with Crippen molar-refractivity contribution in [3.63, 3.8) is 0 Å². The second kappa shape index (κ2) is 13.5. The van der Waals surface area contributed by atoms with Gasteiger partial charge < -0.3 is 36.5 Å². The highest BCUT2D eigenvalue weighted by molar-refractivity contribution is 7.14. The highest BCUT2D eigenvalue weighted by Crippen LogP contribution is 2.36. The summed E-state index contributed by atoms with van der Waals surface area (Å²) in [6.07, 6.45) is 5.41. The van der Waals surface area contributed by atoms with E-state index in [1.165, 1.54) is 17.7 Å². The Bertz CT molecular complexity index is 1820. The zero-order valence-electron chi connectivity index (χ0n) is 27.3. The number of alkyl carbamates (subject to hydrolysis) is 1. The molecule has 15 nitrogen and oxygen atoms in total. The average molecular weight is 697 g/mol.